The molecule has 2 rings (SSSR count). The van der Waals surface area contributed by atoms with Crippen molar-refractivity contribution in [1.29, 1.82) is 0 Å². The number of urea groups is 1. The molecule has 0 atom stereocenters. The largest absolute Gasteiger partial charge is 0.335 e. The highest BCUT2D eigenvalue weighted by Gasteiger charge is 2.17. The Kier molecular flexibility index (Phi) is 7.34. The molecule has 2 N–H and O–H groups in total. The molecule has 1 fully saturated rings. The molecule has 0 aliphatic heterocycles. The maximum atomic E-state index is 12.0. The second-order valence-corrected chi connectivity index (χ2v) is 7.09. The van der Waals surface area contributed by atoms with E-state index in [0.717, 1.165) is 31.2 Å². The smallest absolute Gasteiger partial charge is 0.321 e. The lowest BCUT2D eigenvalue weighted by Gasteiger charge is -2.23. The van der Waals surface area contributed by atoms with Crippen molar-refractivity contribution in [2.24, 2.45) is 0 Å². The van der Waals surface area contributed by atoms with Gasteiger partial charge in [-0.1, -0.05) is 48.5 Å². The van der Waals surface area contributed by atoms with Gasteiger partial charge in [0, 0.05) is 12.6 Å². The summed E-state index contributed by atoms with van der Waals surface area (Å²) in [6, 6.07) is 5.13. The Morgan fingerprint density at radius 3 is 2.54 bits per heavy atom. The predicted molar refractivity (Wildman–Crippen MR) is 96.3 cm³/mol. The fourth-order valence-corrected chi connectivity index (χ4v) is 3.21. The number of benzene rings is 1. The molecule has 0 spiro atoms. The van der Waals surface area contributed by atoms with Crippen molar-refractivity contribution in [2.45, 2.75) is 44.7 Å². The van der Waals surface area contributed by atoms with Crippen LogP contribution in [-0.4, -0.2) is 36.5 Å². The van der Waals surface area contributed by atoms with Gasteiger partial charge in [0.25, 0.3) is 0 Å². The van der Waals surface area contributed by atoms with Crippen molar-refractivity contribution < 1.29 is 9.59 Å². The number of nitrogens with zero attached hydrogens (tertiary/aromatic N) is 1. The third kappa shape index (κ3) is 6.30. The lowest BCUT2D eigenvalue weighted by atomic mass is 9.96. The number of nitrogens with one attached hydrogen (secondary N) is 2. The molecular weight excluding hydrogens is 349 g/mol. The molecule has 5 nitrogen and oxygen atoms in total. The van der Waals surface area contributed by atoms with Gasteiger partial charge in [-0.25, -0.2) is 4.79 Å². The predicted octanol–water partition coefficient (Wildman–Crippen LogP) is 3.58. The molecule has 1 aromatic rings. The van der Waals surface area contributed by atoms with Gasteiger partial charge in [-0.2, -0.15) is 0 Å². The van der Waals surface area contributed by atoms with E-state index in [1.165, 1.54) is 6.42 Å². The SMILES string of the molecule is CN(CC(=O)NC(=O)NC1CCCCC1)Cc1ccc(Cl)c(Cl)c1. The van der Waals surface area contributed by atoms with E-state index in [2.05, 4.69) is 10.6 Å². The van der Waals surface area contributed by atoms with Crippen LogP contribution in [0.5, 0.6) is 0 Å². The molecule has 3 amide bonds. The second kappa shape index (κ2) is 9.25. The molecule has 7 heteroatoms. The Hall–Kier alpha value is -1.30. The summed E-state index contributed by atoms with van der Waals surface area (Å²) in [5.74, 6) is -0.328. The number of hydrogen-bond acceptors (Lipinski definition) is 3. The third-order valence-corrected chi connectivity index (χ3v) is 4.78. The summed E-state index contributed by atoms with van der Waals surface area (Å²) in [5.41, 5.74) is 0.950. The van der Waals surface area contributed by atoms with Crippen LogP contribution >= 0.6 is 23.2 Å². The van der Waals surface area contributed by atoms with E-state index >= 15 is 0 Å². The average Bonchev–Trinajstić information content (AvgIpc) is 2.51. The van der Waals surface area contributed by atoms with Crippen molar-refractivity contribution in [1.82, 2.24) is 15.5 Å². The number of amides is 3. The van der Waals surface area contributed by atoms with Crippen molar-refractivity contribution >= 4 is 35.1 Å². The zero-order chi connectivity index (χ0) is 17.5. The molecule has 0 radical (unpaired) electrons. The third-order valence-electron chi connectivity index (χ3n) is 4.04. The van der Waals surface area contributed by atoms with E-state index in [9.17, 15) is 9.59 Å². The topological polar surface area (TPSA) is 61.4 Å². The van der Waals surface area contributed by atoms with Gasteiger partial charge in [-0.3, -0.25) is 15.0 Å². The number of hydrogen-bond donors (Lipinski definition) is 2. The maximum absolute atomic E-state index is 12.0. The summed E-state index contributed by atoms with van der Waals surface area (Å²) in [5, 5.41) is 6.24. The van der Waals surface area contributed by atoms with Crippen LogP contribution < -0.4 is 10.6 Å². The first-order valence-corrected chi connectivity index (χ1v) is 8.92. The number of likely N-dealkylation sites (N-methyl/N-ethyl adjacent to an activating group) is 1. The molecule has 0 aromatic heterocycles. The Bertz CT molecular complexity index is 589. The van der Waals surface area contributed by atoms with E-state index in [4.69, 9.17) is 23.2 Å². The fraction of sp³-hybridized carbons (Fsp3) is 0.529. The molecular formula is C17H23Cl2N3O2. The van der Waals surface area contributed by atoms with Gasteiger partial charge < -0.3 is 5.32 Å². The minimum absolute atomic E-state index is 0.123. The van der Waals surface area contributed by atoms with Crippen LogP contribution in [0.1, 0.15) is 37.7 Å². The van der Waals surface area contributed by atoms with E-state index in [0.29, 0.717) is 16.6 Å². The van der Waals surface area contributed by atoms with Crippen LogP contribution in [0.2, 0.25) is 10.0 Å². The Morgan fingerprint density at radius 1 is 1.17 bits per heavy atom. The molecule has 1 aliphatic carbocycles. The molecule has 24 heavy (non-hydrogen) atoms. The zero-order valence-corrected chi connectivity index (χ0v) is 15.3. The molecule has 0 saturated heterocycles. The zero-order valence-electron chi connectivity index (χ0n) is 13.8. The van der Waals surface area contributed by atoms with Crippen molar-refractivity contribution in [3.8, 4) is 0 Å². The molecule has 1 aliphatic rings. The first-order valence-electron chi connectivity index (χ1n) is 8.17. The molecule has 0 heterocycles. The van der Waals surface area contributed by atoms with Gasteiger partial charge in [-0.15, -0.1) is 0 Å². The van der Waals surface area contributed by atoms with Gasteiger partial charge in [0.1, 0.15) is 0 Å². The summed E-state index contributed by atoms with van der Waals surface area (Å²) in [6.45, 7) is 0.660. The Balaban J connectivity index is 1.74. The number of imide groups is 1. The second-order valence-electron chi connectivity index (χ2n) is 6.28. The van der Waals surface area contributed by atoms with Crippen LogP contribution in [0.3, 0.4) is 0 Å². The van der Waals surface area contributed by atoms with Crippen LogP contribution in [0, 0.1) is 0 Å². The Morgan fingerprint density at radius 2 is 1.88 bits per heavy atom. The number of halogens is 2. The Labute approximate surface area is 152 Å². The standard InChI is InChI=1S/C17H23Cl2N3O2/c1-22(10-12-7-8-14(18)15(19)9-12)11-16(23)21-17(24)20-13-5-3-2-4-6-13/h7-9,13H,2-6,10-11H2,1H3,(H2,20,21,23,24). The number of carbonyl (C=O) groups excluding carboxylic acids is 2. The van der Waals surface area contributed by atoms with Gasteiger partial charge in [0.15, 0.2) is 0 Å². The highest BCUT2D eigenvalue weighted by molar-refractivity contribution is 6.42. The normalized spacial score (nSPS) is 15.3. The summed E-state index contributed by atoms with van der Waals surface area (Å²) in [4.78, 5) is 25.6. The summed E-state index contributed by atoms with van der Waals surface area (Å²) in [7, 11) is 1.81. The fourth-order valence-electron chi connectivity index (χ4n) is 2.89. The number of carbonyl (C=O) groups is 2. The lowest BCUT2D eigenvalue weighted by molar-refractivity contribution is -0.121. The highest BCUT2D eigenvalue weighted by Crippen LogP contribution is 2.23. The highest BCUT2D eigenvalue weighted by atomic mass is 35.5. The summed E-state index contributed by atoms with van der Waals surface area (Å²) < 4.78 is 0. The van der Waals surface area contributed by atoms with Crippen molar-refractivity contribution in [3.63, 3.8) is 0 Å². The quantitative estimate of drug-likeness (QED) is 0.831. The minimum atomic E-state index is -0.408. The maximum Gasteiger partial charge on any atom is 0.321 e. The van der Waals surface area contributed by atoms with E-state index in [-0.39, 0.29) is 18.5 Å². The minimum Gasteiger partial charge on any atom is -0.335 e. The molecule has 132 valence electrons. The van der Waals surface area contributed by atoms with Crippen molar-refractivity contribution in [2.75, 3.05) is 13.6 Å². The van der Waals surface area contributed by atoms with Gasteiger partial charge in [-0.05, 0) is 37.6 Å². The van der Waals surface area contributed by atoms with E-state index in [1.54, 1.807) is 19.2 Å². The van der Waals surface area contributed by atoms with Crippen LogP contribution in [0.15, 0.2) is 18.2 Å². The summed E-state index contributed by atoms with van der Waals surface area (Å²) in [6.07, 6.45) is 5.45. The molecule has 0 bridgehead atoms. The first kappa shape index (κ1) is 19.0. The van der Waals surface area contributed by atoms with Crippen LogP contribution in [-0.2, 0) is 11.3 Å². The molecule has 1 saturated carbocycles. The van der Waals surface area contributed by atoms with Crippen LogP contribution in [0.4, 0.5) is 4.79 Å². The van der Waals surface area contributed by atoms with E-state index < -0.39 is 6.03 Å². The molecule has 0 unspecified atom stereocenters. The average molecular weight is 372 g/mol. The summed E-state index contributed by atoms with van der Waals surface area (Å²) >= 11 is 11.9. The van der Waals surface area contributed by atoms with Crippen molar-refractivity contribution in [3.05, 3.63) is 33.8 Å². The van der Waals surface area contributed by atoms with Gasteiger partial charge in [0.05, 0.1) is 16.6 Å². The number of rotatable bonds is 5. The lowest BCUT2D eigenvalue weighted by Crippen LogP contribution is -2.47. The first-order chi connectivity index (χ1) is 11.4. The van der Waals surface area contributed by atoms with Gasteiger partial charge in [0.2, 0.25) is 5.91 Å². The monoisotopic (exact) mass is 371 g/mol. The van der Waals surface area contributed by atoms with E-state index in [1.807, 2.05) is 11.0 Å². The van der Waals surface area contributed by atoms with Gasteiger partial charge >= 0.3 is 6.03 Å². The molecule has 1 aromatic carbocycles. The van der Waals surface area contributed by atoms with Crippen LogP contribution in [0.25, 0.3) is 0 Å².